The van der Waals surface area contributed by atoms with Gasteiger partial charge in [-0.2, -0.15) is 0 Å². The minimum atomic E-state index is -0.0000596. The van der Waals surface area contributed by atoms with Crippen LogP contribution in [0.25, 0.3) is 0 Å². The highest BCUT2D eigenvalue weighted by Gasteiger charge is 2.39. The number of rotatable bonds is 5. The molecule has 0 aliphatic carbocycles. The second-order valence-corrected chi connectivity index (χ2v) is 8.67. The van der Waals surface area contributed by atoms with E-state index < -0.39 is 0 Å². The van der Waals surface area contributed by atoms with Crippen LogP contribution < -0.4 is 10.6 Å². The van der Waals surface area contributed by atoms with Crippen molar-refractivity contribution in [3.05, 3.63) is 71.3 Å². The maximum atomic E-state index is 12.7. The van der Waals surface area contributed by atoms with Crippen LogP contribution >= 0.6 is 11.8 Å². The van der Waals surface area contributed by atoms with E-state index >= 15 is 0 Å². The van der Waals surface area contributed by atoms with Gasteiger partial charge in [0.05, 0.1) is 5.92 Å². The maximum Gasteiger partial charge on any atom is 0.227 e. The summed E-state index contributed by atoms with van der Waals surface area (Å²) < 4.78 is 0. The Labute approximate surface area is 165 Å². The van der Waals surface area contributed by atoms with Crippen molar-refractivity contribution in [2.75, 3.05) is 13.1 Å². The van der Waals surface area contributed by atoms with Gasteiger partial charge in [-0.05, 0) is 24.5 Å². The Morgan fingerprint density at radius 2 is 1.93 bits per heavy atom. The number of likely N-dealkylation sites (tertiary alicyclic amines) is 1. The Kier molecular flexibility index (Phi) is 5.81. The number of fused-ring (bicyclic) bond motifs is 1. The van der Waals surface area contributed by atoms with Gasteiger partial charge in [-0.15, -0.1) is 11.8 Å². The smallest absolute Gasteiger partial charge is 0.227 e. The third kappa shape index (κ3) is 4.72. The van der Waals surface area contributed by atoms with Crippen molar-refractivity contribution in [3.8, 4) is 0 Å². The second kappa shape index (κ2) is 8.46. The molecule has 4 nitrogen and oxygen atoms in total. The molecular formula is C22H27N3OS. The number of nitrogens with one attached hydrogen (secondary N) is 2. The Bertz CT molecular complexity index is 782. The molecule has 2 aliphatic rings. The lowest BCUT2D eigenvalue weighted by Crippen LogP contribution is -2.64. The van der Waals surface area contributed by atoms with Gasteiger partial charge in [0, 0.05) is 31.4 Å². The molecule has 2 aliphatic heterocycles. The number of piperidine rings is 1. The van der Waals surface area contributed by atoms with Gasteiger partial charge in [-0.25, -0.2) is 0 Å². The predicted molar refractivity (Wildman–Crippen MR) is 111 cm³/mol. The topological polar surface area (TPSA) is 44.4 Å². The quantitative estimate of drug-likeness (QED) is 0.835. The lowest BCUT2D eigenvalue weighted by atomic mass is 9.89. The fraction of sp³-hybridized carbons (Fsp3) is 0.409. The first-order valence-corrected chi connectivity index (χ1v) is 10.7. The van der Waals surface area contributed by atoms with Gasteiger partial charge in [0.25, 0.3) is 0 Å². The van der Waals surface area contributed by atoms with Crippen LogP contribution in [0.2, 0.25) is 0 Å². The zero-order chi connectivity index (χ0) is 18.6. The number of nitrogens with zero attached hydrogens (tertiary/aromatic N) is 1. The molecule has 142 valence electrons. The first-order valence-electron chi connectivity index (χ1n) is 9.67. The number of carbonyl (C=O) groups excluding carboxylic acids is 1. The molecule has 3 atom stereocenters. The van der Waals surface area contributed by atoms with Crippen LogP contribution in [0, 0.1) is 12.8 Å². The van der Waals surface area contributed by atoms with E-state index in [1.54, 1.807) is 11.8 Å². The first kappa shape index (κ1) is 18.5. The first-order chi connectivity index (χ1) is 13.2. The molecule has 2 aromatic rings. The molecule has 0 saturated carbocycles. The van der Waals surface area contributed by atoms with Gasteiger partial charge in [-0.1, -0.05) is 60.2 Å². The van der Waals surface area contributed by atoms with Crippen molar-refractivity contribution in [3.63, 3.8) is 0 Å². The fourth-order valence-electron chi connectivity index (χ4n) is 4.01. The van der Waals surface area contributed by atoms with Gasteiger partial charge >= 0.3 is 0 Å². The van der Waals surface area contributed by atoms with Gasteiger partial charge < -0.3 is 5.32 Å². The molecule has 2 heterocycles. The molecule has 2 fully saturated rings. The van der Waals surface area contributed by atoms with Crippen LogP contribution in [0.3, 0.4) is 0 Å². The van der Waals surface area contributed by atoms with E-state index in [4.69, 9.17) is 0 Å². The molecule has 0 radical (unpaired) electrons. The van der Waals surface area contributed by atoms with Gasteiger partial charge in [0.2, 0.25) is 5.91 Å². The monoisotopic (exact) mass is 381 g/mol. The Morgan fingerprint density at radius 3 is 2.74 bits per heavy atom. The molecule has 4 rings (SSSR count). The summed E-state index contributed by atoms with van der Waals surface area (Å²) in [5.41, 5.74) is 3.89. The number of hydrogen-bond acceptors (Lipinski definition) is 4. The molecule has 0 aromatic heterocycles. The van der Waals surface area contributed by atoms with E-state index in [0.29, 0.717) is 0 Å². The van der Waals surface area contributed by atoms with Crippen molar-refractivity contribution in [1.82, 2.24) is 15.5 Å². The average Bonchev–Trinajstić information content (AvgIpc) is 2.68. The maximum absolute atomic E-state index is 12.7. The number of hydrogen-bond donors (Lipinski definition) is 2. The van der Waals surface area contributed by atoms with Crippen LogP contribution in [0.15, 0.2) is 54.6 Å². The standard InChI is InChI=1S/C22H27N3OS/c1-16-6-5-9-18(12-16)15-27-22-23-20-10-11-25(14-19(20)21(26)24-22)13-17-7-3-2-4-8-17/h2-9,12,19-20,22-23H,10-11,13-15H2,1H3,(H,24,26). The lowest BCUT2D eigenvalue weighted by Gasteiger charge is -2.43. The molecule has 2 aromatic carbocycles. The summed E-state index contributed by atoms with van der Waals surface area (Å²) in [6.45, 7) is 4.89. The number of aryl methyl sites for hydroxylation is 1. The summed E-state index contributed by atoms with van der Waals surface area (Å²) in [5.74, 6) is 1.13. The van der Waals surface area contributed by atoms with E-state index in [9.17, 15) is 4.79 Å². The summed E-state index contributed by atoms with van der Waals surface area (Å²) in [6, 6.07) is 19.4. The Balaban J connectivity index is 1.31. The van der Waals surface area contributed by atoms with Gasteiger partial charge in [-0.3, -0.25) is 15.0 Å². The highest BCUT2D eigenvalue weighted by atomic mass is 32.2. The van der Waals surface area contributed by atoms with E-state index in [1.807, 2.05) is 6.07 Å². The van der Waals surface area contributed by atoms with Crippen molar-refractivity contribution in [2.45, 2.75) is 37.2 Å². The minimum Gasteiger partial charge on any atom is -0.331 e. The molecule has 5 heteroatoms. The van der Waals surface area contributed by atoms with Crippen molar-refractivity contribution in [1.29, 1.82) is 0 Å². The van der Waals surface area contributed by atoms with Crippen LogP contribution in [-0.4, -0.2) is 35.4 Å². The molecule has 1 amide bonds. The van der Waals surface area contributed by atoms with E-state index in [2.05, 4.69) is 71.0 Å². The summed E-state index contributed by atoms with van der Waals surface area (Å²) in [6.07, 6.45) is 1.02. The highest BCUT2D eigenvalue weighted by Crippen LogP contribution is 2.26. The van der Waals surface area contributed by atoms with Gasteiger partial charge in [0.15, 0.2) is 0 Å². The summed E-state index contributed by atoms with van der Waals surface area (Å²) in [7, 11) is 0. The van der Waals surface area contributed by atoms with E-state index in [-0.39, 0.29) is 23.4 Å². The zero-order valence-electron chi connectivity index (χ0n) is 15.7. The molecule has 2 saturated heterocycles. The molecule has 0 bridgehead atoms. The van der Waals surface area contributed by atoms with Crippen molar-refractivity contribution in [2.24, 2.45) is 5.92 Å². The number of benzene rings is 2. The largest absolute Gasteiger partial charge is 0.331 e. The number of thioether (sulfide) groups is 1. The Morgan fingerprint density at radius 1 is 1.11 bits per heavy atom. The summed E-state index contributed by atoms with van der Waals surface area (Å²) in [5, 5.41) is 6.83. The number of amides is 1. The summed E-state index contributed by atoms with van der Waals surface area (Å²) >= 11 is 1.77. The average molecular weight is 382 g/mol. The van der Waals surface area contributed by atoms with Crippen LogP contribution in [0.4, 0.5) is 0 Å². The normalized spacial score (nSPS) is 25.7. The predicted octanol–water partition coefficient (Wildman–Crippen LogP) is 3.12. The third-order valence-electron chi connectivity index (χ3n) is 5.42. The fourth-order valence-corrected chi connectivity index (χ4v) is 5.02. The number of carbonyl (C=O) groups is 1. The van der Waals surface area contributed by atoms with Crippen molar-refractivity contribution < 1.29 is 4.79 Å². The SMILES string of the molecule is Cc1cccc(CSC2NC(=O)C3CN(Cc4ccccc4)CCC3N2)c1. The van der Waals surface area contributed by atoms with E-state index in [1.165, 1.54) is 16.7 Å². The van der Waals surface area contributed by atoms with Gasteiger partial charge in [0.1, 0.15) is 5.50 Å². The Hall–Kier alpha value is -1.82. The lowest BCUT2D eigenvalue weighted by molar-refractivity contribution is -0.130. The van der Waals surface area contributed by atoms with Crippen LogP contribution in [-0.2, 0) is 17.1 Å². The minimum absolute atomic E-state index is 0.0000596. The zero-order valence-corrected chi connectivity index (χ0v) is 16.5. The van der Waals surface area contributed by atoms with Crippen LogP contribution in [0.1, 0.15) is 23.1 Å². The van der Waals surface area contributed by atoms with E-state index in [0.717, 1.165) is 31.8 Å². The molecular weight excluding hydrogens is 354 g/mol. The molecule has 0 spiro atoms. The highest BCUT2D eigenvalue weighted by molar-refractivity contribution is 7.99. The van der Waals surface area contributed by atoms with Crippen LogP contribution in [0.5, 0.6) is 0 Å². The molecule has 2 N–H and O–H groups in total. The van der Waals surface area contributed by atoms with Crippen molar-refractivity contribution >= 4 is 17.7 Å². The summed E-state index contributed by atoms with van der Waals surface area (Å²) in [4.78, 5) is 15.1. The molecule has 3 unspecified atom stereocenters. The second-order valence-electron chi connectivity index (χ2n) is 7.58. The molecule has 27 heavy (non-hydrogen) atoms. The third-order valence-corrected chi connectivity index (χ3v) is 6.51.